The number of rotatable bonds is 8. The zero-order chi connectivity index (χ0) is 21.1. The van der Waals surface area contributed by atoms with E-state index in [9.17, 15) is 13.5 Å². The third kappa shape index (κ3) is 4.30. The number of oxime groups is 1. The van der Waals surface area contributed by atoms with Crippen LogP contribution in [0.3, 0.4) is 0 Å². The molecular formula is C22H22N2O5S. The Labute approximate surface area is 175 Å². The lowest BCUT2D eigenvalue weighted by Crippen LogP contribution is -2.38. The first-order valence-electron chi connectivity index (χ1n) is 9.48. The lowest BCUT2D eigenvalue weighted by Gasteiger charge is -2.21. The highest BCUT2D eigenvalue weighted by atomic mass is 32.2. The number of furan rings is 1. The van der Waals surface area contributed by atoms with Crippen LogP contribution < -0.4 is 0 Å². The molecule has 2 aromatic carbocycles. The van der Waals surface area contributed by atoms with Gasteiger partial charge in [-0.2, -0.15) is 4.31 Å². The third-order valence-electron chi connectivity index (χ3n) is 4.87. The largest absolute Gasteiger partial charge is 0.468 e. The van der Waals surface area contributed by atoms with Crippen molar-refractivity contribution in [1.82, 2.24) is 4.31 Å². The van der Waals surface area contributed by atoms with Crippen LogP contribution in [0.2, 0.25) is 0 Å². The Hall–Kier alpha value is -2.94. The summed E-state index contributed by atoms with van der Waals surface area (Å²) in [6.45, 7) is -0.228. The van der Waals surface area contributed by atoms with Crippen molar-refractivity contribution in [3.63, 3.8) is 0 Å². The first-order valence-corrected chi connectivity index (χ1v) is 11.3. The summed E-state index contributed by atoms with van der Waals surface area (Å²) in [7, 11) is -3.53. The number of sulfonamides is 1. The third-order valence-corrected chi connectivity index (χ3v) is 6.09. The first kappa shape index (κ1) is 20.3. The van der Waals surface area contributed by atoms with Gasteiger partial charge in [0.05, 0.1) is 19.1 Å². The number of hydrogen-bond acceptors (Lipinski definition) is 6. The molecule has 8 heteroatoms. The zero-order valence-electron chi connectivity index (χ0n) is 16.4. The Morgan fingerprint density at radius 3 is 2.13 bits per heavy atom. The van der Waals surface area contributed by atoms with Crippen LogP contribution in [0.5, 0.6) is 0 Å². The number of benzene rings is 2. The average molecular weight is 426 g/mol. The summed E-state index contributed by atoms with van der Waals surface area (Å²) in [5, 5.41) is 14.6. The summed E-state index contributed by atoms with van der Waals surface area (Å²) in [6, 6.07) is 19.2. The molecule has 0 unspecified atom stereocenters. The van der Waals surface area contributed by atoms with Crippen molar-refractivity contribution in [1.29, 1.82) is 0 Å². The van der Waals surface area contributed by atoms with Crippen LogP contribution in [-0.4, -0.2) is 49.1 Å². The summed E-state index contributed by atoms with van der Waals surface area (Å²) in [6.07, 6.45) is 1.52. The summed E-state index contributed by atoms with van der Waals surface area (Å²) < 4.78 is 30.5. The van der Waals surface area contributed by atoms with E-state index in [2.05, 4.69) is 5.16 Å². The van der Waals surface area contributed by atoms with Crippen molar-refractivity contribution >= 4 is 15.7 Å². The fourth-order valence-corrected chi connectivity index (χ4v) is 4.27. The fraction of sp³-hybridized carbons (Fsp3) is 0.227. The van der Waals surface area contributed by atoms with Gasteiger partial charge in [-0.15, -0.1) is 0 Å². The molecule has 7 nitrogen and oxygen atoms in total. The summed E-state index contributed by atoms with van der Waals surface area (Å²) in [4.78, 5) is 5.43. The van der Waals surface area contributed by atoms with Gasteiger partial charge >= 0.3 is 0 Å². The molecule has 1 heterocycles. The van der Waals surface area contributed by atoms with Gasteiger partial charge in [0.1, 0.15) is 24.2 Å². The minimum Gasteiger partial charge on any atom is -0.468 e. The molecule has 1 atom stereocenters. The van der Waals surface area contributed by atoms with Crippen LogP contribution in [0.4, 0.5) is 0 Å². The number of aliphatic hydroxyl groups is 1. The number of aliphatic hydroxyl groups excluding tert-OH is 1. The second kappa shape index (κ2) is 8.43. The van der Waals surface area contributed by atoms with Gasteiger partial charge in [0.25, 0.3) is 0 Å². The van der Waals surface area contributed by atoms with Gasteiger partial charge in [-0.1, -0.05) is 53.7 Å². The van der Waals surface area contributed by atoms with Crippen molar-refractivity contribution < 1.29 is 22.8 Å². The molecule has 0 bridgehead atoms. The number of nitrogens with zero attached hydrogens (tertiary/aromatic N) is 2. The second-order valence-corrected chi connectivity index (χ2v) is 9.10. The van der Waals surface area contributed by atoms with Crippen LogP contribution in [0.15, 0.2) is 76.5 Å². The maximum absolute atomic E-state index is 12.1. The molecule has 30 heavy (non-hydrogen) atoms. The molecule has 3 aromatic rings. The number of hydrogen-bond donors (Lipinski definition) is 1. The van der Waals surface area contributed by atoms with Gasteiger partial charge in [0, 0.05) is 17.7 Å². The Kier molecular flexibility index (Phi) is 5.72. The minimum atomic E-state index is -3.53. The van der Waals surface area contributed by atoms with Crippen LogP contribution in [-0.2, 0) is 21.4 Å². The molecule has 0 saturated heterocycles. The van der Waals surface area contributed by atoms with E-state index in [1.165, 1.54) is 6.26 Å². The van der Waals surface area contributed by atoms with Gasteiger partial charge < -0.3 is 14.4 Å². The molecule has 0 aliphatic heterocycles. The quantitative estimate of drug-likeness (QED) is 0.438. The highest BCUT2D eigenvalue weighted by molar-refractivity contribution is 7.88. The van der Waals surface area contributed by atoms with Crippen molar-refractivity contribution in [3.8, 4) is 11.1 Å². The molecular weight excluding hydrogens is 404 g/mol. The Balaban J connectivity index is 1.45. The van der Waals surface area contributed by atoms with E-state index in [4.69, 9.17) is 9.25 Å². The maximum atomic E-state index is 12.1. The summed E-state index contributed by atoms with van der Waals surface area (Å²) in [5.74, 6) is 0.493. The topological polar surface area (TPSA) is 92.3 Å². The normalized spacial score (nSPS) is 13.8. The van der Waals surface area contributed by atoms with E-state index >= 15 is 0 Å². The molecule has 0 amide bonds. The molecule has 4 rings (SSSR count). The van der Waals surface area contributed by atoms with Gasteiger partial charge in [-0.25, -0.2) is 8.42 Å². The van der Waals surface area contributed by atoms with Crippen LogP contribution in [0, 0.1) is 0 Å². The van der Waals surface area contributed by atoms with Gasteiger partial charge in [0.2, 0.25) is 10.0 Å². The molecule has 1 N–H and O–H groups in total. The molecule has 1 aromatic heterocycles. The van der Waals surface area contributed by atoms with Crippen molar-refractivity contribution in [2.75, 3.05) is 19.4 Å². The summed E-state index contributed by atoms with van der Waals surface area (Å²) in [5.41, 5.74) is 4.78. The number of fused-ring (bicyclic) bond motifs is 3. The predicted molar refractivity (Wildman–Crippen MR) is 113 cm³/mol. The Bertz CT molecular complexity index is 1110. The second-order valence-electron chi connectivity index (χ2n) is 7.12. The smallest absolute Gasteiger partial charge is 0.211 e. The molecule has 1 aliphatic rings. The first-order chi connectivity index (χ1) is 14.4. The van der Waals surface area contributed by atoms with Gasteiger partial charge in [0.15, 0.2) is 0 Å². The van der Waals surface area contributed by atoms with E-state index in [0.29, 0.717) is 11.5 Å². The average Bonchev–Trinajstić information content (AvgIpc) is 3.34. The molecule has 0 spiro atoms. The lowest BCUT2D eigenvalue weighted by atomic mass is 10.1. The minimum absolute atomic E-state index is 0.0398. The molecule has 1 aliphatic carbocycles. The van der Waals surface area contributed by atoms with E-state index in [1.807, 2.05) is 48.5 Å². The standard InChI is InChI=1S/C22H22N2O5S/c1-30(26,27)24(14-17-7-6-12-28-17)13-16(25)15-29-23-22-20-10-4-2-8-18(20)19-9-3-5-11-21(19)22/h2-12,16,25H,13-15H2,1H3/t16-/m0/s1. The van der Waals surface area contributed by atoms with Crippen LogP contribution in [0.25, 0.3) is 11.1 Å². The monoisotopic (exact) mass is 426 g/mol. The van der Waals surface area contributed by atoms with Crippen molar-refractivity contribution in [2.24, 2.45) is 5.16 Å². The maximum Gasteiger partial charge on any atom is 0.211 e. The van der Waals surface area contributed by atoms with Crippen molar-refractivity contribution in [3.05, 3.63) is 83.8 Å². The van der Waals surface area contributed by atoms with Crippen LogP contribution >= 0.6 is 0 Å². The van der Waals surface area contributed by atoms with E-state index in [1.54, 1.807) is 12.1 Å². The summed E-state index contributed by atoms with van der Waals surface area (Å²) >= 11 is 0. The highest BCUT2D eigenvalue weighted by Crippen LogP contribution is 2.36. The molecule has 0 fully saturated rings. The lowest BCUT2D eigenvalue weighted by molar-refractivity contribution is 0.0297. The Morgan fingerprint density at radius 1 is 1.00 bits per heavy atom. The fourth-order valence-electron chi connectivity index (χ4n) is 3.46. The molecule has 156 valence electrons. The van der Waals surface area contributed by atoms with Crippen LogP contribution in [0.1, 0.15) is 16.9 Å². The molecule has 0 radical (unpaired) electrons. The highest BCUT2D eigenvalue weighted by Gasteiger charge is 2.25. The van der Waals surface area contributed by atoms with Gasteiger partial charge in [-0.3, -0.25) is 0 Å². The predicted octanol–water partition coefficient (Wildman–Crippen LogP) is 2.85. The van der Waals surface area contributed by atoms with Crippen molar-refractivity contribution in [2.45, 2.75) is 12.6 Å². The van der Waals surface area contributed by atoms with E-state index in [-0.39, 0.29) is 19.7 Å². The SMILES string of the molecule is CS(=O)(=O)N(Cc1ccco1)C[C@H](O)CON=C1c2ccccc2-c2ccccc21. The zero-order valence-corrected chi connectivity index (χ0v) is 17.2. The Morgan fingerprint density at radius 2 is 1.60 bits per heavy atom. The van der Waals surface area contributed by atoms with E-state index in [0.717, 1.165) is 32.8 Å². The van der Waals surface area contributed by atoms with Gasteiger partial charge in [-0.05, 0) is 23.3 Å². The van der Waals surface area contributed by atoms with E-state index < -0.39 is 16.1 Å². The molecule has 0 saturated carbocycles.